The first-order chi connectivity index (χ1) is 7.59. The van der Waals surface area contributed by atoms with Gasteiger partial charge in [0.2, 0.25) is 0 Å². The van der Waals surface area contributed by atoms with Crippen LogP contribution in [0.15, 0.2) is 24.3 Å². The molecule has 0 spiro atoms. The van der Waals surface area contributed by atoms with Crippen LogP contribution in [0.2, 0.25) is 0 Å². The summed E-state index contributed by atoms with van der Waals surface area (Å²) in [5.74, 6) is -0.317. The van der Waals surface area contributed by atoms with Gasteiger partial charge in [-0.2, -0.15) is 0 Å². The summed E-state index contributed by atoms with van der Waals surface area (Å²) in [6, 6.07) is 5.65. The Kier molecular flexibility index (Phi) is 4.19. The highest BCUT2D eigenvalue weighted by Crippen LogP contribution is 2.29. The normalized spacial score (nSPS) is 11.5. The van der Waals surface area contributed by atoms with Crippen LogP contribution < -0.4 is 5.73 Å². The first-order valence-electron chi connectivity index (χ1n) is 5.60. The van der Waals surface area contributed by atoms with Crippen LogP contribution >= 0.6 is 0 Å². The van der Waals surface area contributed by atoms with Crippen LogP contribution in [0.3, 0.4) is 0 Å². The van der Waals surface area contributed by atoms with Crippen molar-refractivity contribution in [3.63, 3.8) is 0 Å². The molecule has 1 aromatic rings. The van der Waals surface area contributed by atoms with E-state index in [1.54, 1.807) is 0 Å². The number of nitrogens with two attached hydrogens (primary N) is 1. The van der Waals surface area contributed by atoms with Gasteiger partial charge in [-0.15, -0.1) is 0 Å². The van der Waals surface area contributed by atoms with Gasteiger partial charge >= 0.3 is 0 Å². The molecule has 0 fully saturated rings. The van der Waals surface area contributed by atoms with Gasteiger partial charge in [0.25, 0.3) is 0 Å². The van der Waals surface area contributed by atoms with Gasteiger partial charge in [-0.1, -0.05) is 13.8 Å². The second-order valence-electron chi connectivity index (χ2n) is 4.03. The predicted octanol–water partition coefficient (Wildman–Crippen LogP) is 2.77. The van der Waals surface area contributed by atoms with Crippen molar-refractivity contribution in [1.82, 2.24) is 0 Å². The Hall–Kier alpha value is -1.22. The number of rotatable bonds is 5. The molecular weight excluding hydrogens is 205 g/mol. The minimum atomic E-state index is -0.502. The molecule has 0 heterocycles. The van der Waals surface area contributed by atoms with E-state index < -0.39 is 5.41 Å². The lowest BCUT2D eigenvalue weighted by molar-refractivity contribution is 0.0787. The van der Waals surface area contributed by atoms with Gasteiger partial charge < -0.3 is 5.73 Å². The fourth-order valence-electron chi connectivity index (χ4n) is 1.86. The zero-order chi connectivity index (χ0) is 12.2. The number of Topliss-reactive ketones (excluding diaryl/α,β-unsaturated/α-hetero) is 1. The second-order valence-corrected chi connectivity index (χ2v) is 4.03. The lowest BCUT2D eigenvalue weighted by Crippen LogP contribution is -2.37. The molecule has 0 aliphatic heterocycles. The standard InChI is InChI=1S/C13H18FNO/c1-3-13(4-2,9-15)12(16)10-5-7-11(14)8-6-10/h5-8H,3-4,9,15H2,1-2H3. The summed E-state index contributed by atoms with van der Waals surface area (Å²) in [6.45, 7) is 4.24. The summed E-state index contributed by atoms with van der Waals surface area (Å²) in [5.41, 5.74) is 5.74. The fourth-order valence-corrected chi connectivity index (χ4v) is 1.86. The maximum atomic E-state index is 12.8. The first kappa shape index (κ1) is 12.8. The minimum absolute atomic E-state index is 0.0139. The third-order valence-corrected chi connectivity index (χ3v) is 3.33. The fraction of sp³-hybridized carbons (Fsp3) is 0.462. The predicted molar refractivity (Wildman–Crippen MR) is 62.8 cm³/mol. The molecule has 0 amide bonds. The third-order valence-electron chi connectivity index (χ3n) is 3.33. The molecule has 0 saturated heterocycles. The lowest BCUT2D eigenvalue weighted by Gasteiger charge is -2.28. The van der Waals surface area contributed by atoms with E-state index in [-0.39, 0.29) is 11.6 Å². The number of benzene rings is 1. The number of carbonyl (C=O) groups excluding carboxylic acids is 1. The Morgan fingerprint density at radius 3 is 2.12 bits per heavy atom. The maximum Gasteiger partial charge on any atom is 0.170 e. The van der Waals surface area contributed by atoms with E-state index in [0.717, 1.165) is 0 Å². The molecule has 0 bridgehead atoms. The molecule has 1 rings (SSSR count). The first-order valence-corrected chi connectivity index (χ1v) is 5.60. The molecule has 3 heteroatoms. The van der Waals surface area contributed by atoms with Crippen LogP contribution in [0.1, 0.15) is 37.0 Å². The number of halogens is 1. The van der Waals surface area contributed by atoms with E-state index in [9.17, 15) is 9.18 Å². The molecule has 0 aliphatic rings. The van der Waals surface area contributed by atoms with E-state index in [0.29, 0.717) is 24.9 Å². The smallest absolute Gasteiger partial charge is 0.170 e. The van der Waals surface area contributed by atoms with Crippen molar-refractivity contribution in [1.29, 1.82) is 0 Å². The molecule has 0 saturated carbocycles. The molecule has 2 nitrogen and oxygen atoms in total. The Bertz CT molecular complexity index is 346. The maximum absolute atomic E-state index is 12.8. The Morgan fingerprint density at radius 2 is 1.75 bits per heavy atom. The molecule has 2 N–H and O–H groups in total. The van der Waals surface area contributed by atoms with Gasteiger partial charge in [-0.05, 0) is 37.1 Å². The van der Waals surface area contributed by atoms with Crippen LogP contribution in [-0.4, -0.2) is 12.3 Å². The van der Waals surface area contributed by atoms with E-state index in [2.05, 4.69) is 0 Å². The minimum Gasteiger partial charge on any atom is -0.329 e. The summed E-state index contributed by atoms with van der Waals surface area (Å²) in [6.07, 6.45) is 1.41. The monoisotopic (exact) mass is 223 g/mol. The number of ketones is 1. The van der Waals surface area contributed by atoms with Crippen molar-refractivity contribution in [2.45, 2.75) is 26.7 Å². The second kappa shape index (κ2) is 5.21. The molecule has 0 aliphatic carbocycles. The van der Waals surface area contributed by atoms with Gasteiger partial charge in [0.1, 0.15) is 5.82 Å². The van der Waals surface area contributed by atoms with Crippen LogP contribution in [0.4, 0.5) is 4.39 Å². The zero-order valence-electron chi connectivity index (χ0n) is 9.79. The van der Waals surface area contributed by atoms with Gasteiger partial charge in [0, 0.05) is 17.5 Å². The molecule has 0 aromatic heterocycles. The topological polar surface area (TPSA) is 43.1 Å². The molecule has 0 atom stereocenters. The Morgan fingerprint density at radius 1 is 1.25 bits per heavy atom. The van der Waals surface area contributed by atoms with Gasteiger partial charge in [0.05, 0.1) is 0 Å². The van der Waals surface area contributed by atoms with Crippen LogP contribution in [0, 0.1) is 11.2 Å². The quantitative estimate of drug-likeness (QED) is 0.780. The molecule has 0 unspecified atom stereocenters. The summed E-state index contributed by atoms with van der Waals surface area (Å²) >= 11 is 0. The van der Waals surface area contributed by atoms with Crippen molar-refractivity contribution in [3.05, 3.63) is 35.6 Å². The highest BCUT2D eigenvalue weighted by atomic mass is 19.1. The van der Waals surface area contributed by atoms with Crippen molar-refractivity contribution >= 4 is 5.78 Å². The van der Waals surface area contributed by atoms with Crippen molar-refractivity contribution < 1.29 is 9.18 Å². The zero-order valence-corrected chi connectivity index (χ0v) is 9.79. The molecule has 88 valence electrons. The van der Waals surface area contributed by atoms with E-state index in [4.69, 9.17) is 5.73 Å². The van der Waals surface area contributed by atoms with Crippen molar-refractivity contribution in [3.8, 4) is 0 Å². The number of carbonyl (C=O) groups is 1. The van der Waals surface area contributed by atoms with Crippen LogP contribution in [-0.2, 0) is 0 Å². The summed E-state index contributed by atoms with van der Waals surface area (Å²) in [5, 5.41) is 0. The van der Waals surface area contributed by atoms with E-state index >= 15 is 0 Å². The molecule has 1 aromatic carbocycles. The van der Waals surface area contributed by atoms with Crippen molar-refractivity contribution in [2.75, 3.05) is 6.54 Å². The van der Waals surface area contributed by atoms with Crippen molar-refractivity contribution in [2.24, 2.45) is 11.1 Å². The number of hydrogen-bond donors (Lipinski definition) is 1. The number of hydrogen-bond acceptors (Lipinski definition) is 2. The third kappa shape index (κ3) is 2.30. The Labute approximate surface area is 95.7 Å². The summed E-state index contributed by atoms with van der Waals surface area (Å²) in [4.78, 5) is 12.3. The largest absolute Gasteiger partial charge is 0.329 e. The SMILES string of the molecule is CCC(CC)(CN)C(=O)c1ccc(F)cc1. The lowest BCUT2D eigenvalue weighted by atomic mass is 9.76. The van der Waals surface area contributed by atoms with Gasteiger partial charge in [-0.25, -0.2) is 4.39 Å². The highest BCUT2D eigenvalue weighted by Gasteiger charge is 2.33. The van der Waals surface area contributed by atoms with Crippen LogP contribution in [0.25, 0.3) is 0 Å². The average molecular weight is 223 g/mol. The van der Waals surface area contributed by atoms with Gasteiger partial charge in [0.15, 0.2) is 5.78 Å². The summed E-state index contributed by atoms with van der Waals surface area (Å²) < 4.78 is 12.8. The summed E-state index contributed by atoms with van der Waals surface area (Å²) in [7, 11) is 0. The van der Waals surface area contributed by atoms with E-state index in [1.165, 1.54) is 24.3 Å². The average Bonchev–Trinajstić information content (AvgIpc) is 2.33. The van der Waals surface area contributed by atoms with Gasteiger partial charge in [-0.3, -0.25) is 4.79 Å². The molecular formula is C13H18FNO. The molecule has 16 heavy (non-hydrogen) atoms. The van der Waals surface area contributed by atoms with E-state index in [1.807, 2.05) is 13.8 Å². The molecule has 0 radical (unpaired) electrons. The highest BCUT2D eigenvalue weighted by molar-refractivity contribution is 6.00. The Balaban J connectivity index is 3.04. The van der Waals surface area contributed by atoms with Crippen LogP contribution in [0.5, 0.6) is 0 Å².